The third-order valence-electron chi connectivity index (χ3n) is 5.19. The second-order valence-electron chi connectivity index (χ2n) is 7.20. The Labute approximate surface area is 167 Å². The molecule has 0 aromatic heterocycles. The maximum Gasteiger partial charge on any atom is 0.240 e. The van der Waals surface area contributed by atoms with Gasteiger partial charge in [-0.25, -0.2) is 13.1 Å². The Hall–Kier alpha value is -1.34. The van der Waals surface area contributed by atoms with Crippen LogP contribution in [0.25, 0.3) is 0 Å². The van der Waals surface area contributed by atoms with Gasteiger partial charge in [0, 0.05) is 18.0 Å². The lowest BCUT2D eigenvalue weighted by atomic mass is 9.97. The number of hydrogen-bond acceptors (Lipinski definition) is 4. The van der Waals surface area contributed by atoms with Gasteiger partial charge in [-0.15, -0.1) is 11.8 Å². The lowest BCUT2D eigenvalue weighted by Crippen LogP contribution is -2.38. The van der Waals surface area contributed by atoms with Gasteiger partial charge < -0.3 is 0 Å². The fourth-order valence-electron chi connectivity index (χ4n) is 3.45. The molecule has 1 saturated heterocycles. The topological polar surface area (TPSA) is 49.4 Å². The van der Waals surface area contributed by atoms with E-state index in [0.717, 1.165) is 38.0 Å². The fraction of sp³-hybridized carbons (Fsp3) is 0.429. The largest absolute Gasteiger partial charge is 0.299 e. The van der Waals surface area contributed by atoms with Gasteiger partial charge in [0.2, 0.25) is 10.0 Å². The van der Waals surface area contributed by atoms with Crippen molar-refractivity contribution in [3.63, 3.8) is 0 Å². The number of rotatable bonds is 7. The van der Waals surface area contributed by atoms with Crippen molar-refractivity contribution in [2.75, 3.05) is 25.9 Å². The zero-order chi connectivity index (χ0) is 19.3. The number of benzene rings is 2. The summed E-state index contributed by atoms with van der Waals surface area (Å²) in [7, 11) is -3.41. The summed E-state index contributed by atoms with van der Waals surface area (Å²) in [5.41, 5.74) is 2.44. The van der Waals surface area contributed by atoms with Crippen molar-refractivity contribution in [2.24, 2.45) is 5.92 Å². The third-order valence-corrected chi connectivity index (χ3v) is 7.46. The van der Waals surface area contributed by atoms with E-state index in [2.05, 4.69) is 40.1 Å². The summed E-state index contributed by atoms with van der Waals surface area (Å²) in [6, 6.07) is 15.6. The Balaban J connectivity index is 1.49. The van der Waals surface area contributed by atoms with Crippen LogP contribution in [-0.2, 0) is 16.6 Å². The lowest BCUT2D eigenvalue weighted by Gasteiger charge is -2.32. The maximum atomic E-state index is 12.4. The summed E-state index contributed by atoms with van der Waals surface area (Å²) >= 11 is 1.79. The van der Waals surface area contributed by atoms with Gasteiger partial charge in [0.25, 0.3) is 0 Å². The first-order valence-electron chi connectivity index (χ1n) is 9.38. The first-order chi connectivity index (χ1) is 13.0. The Morgan fingerprint density at radius 3 is 2.41 bits per heavy atom. The molecular weight excluding hydrogens is 376 g/mol. The van der Waals surface area contributed by atoms with E-state index in [0.29, 0.717) is 17.4 Å². The number of likely N-dealkylation sites (tertiary alicyclic amines) is 1. The zero-order valence-corrected chi connectivity index (χ0v) is 17.7. The molecule has 1 aliphatic heterocycles. The van der Waals surface area contributed by atoms with E-state index in [9.17, 15) is 8.42 Å². The molecule has 0 amide bonds. The van der Waals surface area contributed by atoms with E-state index in [1.165, 1.54) is 10.5 Å². The van der Waals surface area contributed by atoms with Crippen molar-refractivity contribution in [1.82, 2.24) is 9.62 Å². The van der Waals surface area contributed by atoms with Gasteiger partial charge in [0.1, 0.15) is 0 Å². The van der Waals surface area contributed by atoms with Crippen LogP contribution >= 0.6 is 11.8 Å². The Morgan fingerprint density at radius 1 is 1.07 bits per heavy atom. The van der Waals surface area contributed by atoms with E-state index < -0.39 is 10.0 Å². The second-order valence-corrected chi connectivity index (χ2v) is 9.81. The average molecular weight is 405 g/mol. The van der Waals surface area contributed by atoms with Crippen LogP contribution < -0.4 is 4.72 Å². The molecule has 0 bridgehead atoms. The molecule has 1 N–H and O–H groups in total. The van der Waals surface area contributed by atoms with E-state index in [1.807, 2.05) is 19.1 Å². The van der Waals surface area contributed by atoms with Gasteiger partial charge in [0.15, 0.2) is 0 Å². The van der Waals surface area contributed by atoms with Gasteiger partial charge in [-0.1, -0.05) is 35.9 Å². The van der Waals surface area contributed by atoms with E-state index in [1.54, 1.807) is 23.9 Å². The van der Waals surface area contributed by atoms with Crippen LogP contribution in [0.4, 0.5) is 0 Å². The van der Waals surface area contributed by atoms with Crippen LogP contribution in [0.15, 0.2) is 58.3 Å². The molecule has 1 fully saturated rings. The van der Waals surface area contributed by atoms with Crippen molar-refractivity contribution >= 4 is 21.8 Å². The predicted molar refractivity (Wildman–Crippen MR) is 113 cm³/mol. The van der Waals surface area contributed by atoms with E-state index in [4.69, 9.17) is 0 Å². The van der Waals surface area contributed by atoms with Crippen LogP contribution in [0, 0.1) is 12.8 Å². The highest BCUT2D eigenvalue weighted by Gasteiger charge is 2.22. The Bertz CT molecular complexity index is 843. The molecule has 2 aromatic carbocycles. The number of hydrogen-bond donors (Lipinski definition) is 1. The quantitative estimate of drug-likeness (QED) is 0.711. The number of piperidine rings is 1. The molecule has 0 radical (unpaired) electrons. The summed E-state index contributed by atoms with van der Waals surface area (Å²) in [6.07, 6.45) is 4.17. The van der Waals surface area contributed by atoms with Crippen LogP contribution in [0.2, 0.25) is 0 Å². The van der Waals surface area contributed by atoms with Crippen LogP contribution in [0.3, 0.4) is 0 Å². The molecule has 4 nitrogen and oxygen atoms in total. The number of nitrogens with one attached hydrogen (secondary N) is 1. The molecule has 146 valence electrons. The van der Waals surface area contributed by atoms with E-state index in [-0.39, 0.29) is 0 Å². The third kappa shape index (κ3) is 5.57. The van der Waals surface area contributed by atoms with Crippen molar-refractivity contribution < 1.29 is 8.42 Å². The van der Waals surface area contributed by atoms with Crippen LogP contribution in [-0.4, -0.2) is 39.2 Å². The van der Waals surface area contributed by atoms with Crippen molar-refractivity contribution in [3.05, 3.63) is 59.7 Å². The average Bonchev–Trinajstić information content (AvgIpc) is 2.68. The van der Waals surface area contributed by atoms with Crippen LogP contribution in [0.1, 0.15) is 24.0 Å². The molecule has 1 heterocycles. The Morgan fingerprint density at radius 2 is 1.74 bits per heavy atom. The molecule has 0 aliphatic carbocycles. The molecule has 0 atom stereocenters. The minimum absolute atomic E-state index is 0.346. The molecule has 0 unspecified atom stereocenters. The SMILES string of the molecule is CSc1ccccc1CN1CCC(CNS(=O)(=O)c2ccc(C)cc2)CC1. The van der Waals surface area contributed by atoms with Crippen molar-refractivity contribution in [3.8, 4) is 0 Å². The molecule has 0 saturated carbocycles. The Kier molecular flexibility index (Phi) is 6.98. The normalized spacial score (nSPS) is 16.5. The maximum absolute atomic E-state index is 12.4. The van der Waals surface area contributed by atoms with Crippen molar-refractivity contribution in [2.45, 2.75) is 36.1 Å². The zero-order valence-electron chi connectivity index (χ0n) is 16.0. The minimum atomic E-state index is -3.41. The van der Waals surface area contributed by atoms with Crippen molar-refractivity contribution in [1.29, 1.82) is 0 Å². The molecule has 3 rings (SSSR count). The molecule has 27 heavy (non-hydrogen) atoms. The van der Waals surface area contributed by atoms with Gasteiger partial charge in [-0.2, -0.15) is 0 Å². The highest BCUT2D eigenvalue weighted by Crippen LogP contribution is 2.24. The standard InChI is InChI=1S/C21H28N2O2S2/c1-17-7-9-20(10-8-17)27(24,25)22-15-18-11-13-23(14-12-18)16-19-5-3-4-6-21(19)26-2/h3-10,18,22H,11-16H2,1-2H3. The summed E-state index contributed by atoms with van der Waals surface area (Å²) in [5, 5.41) is 0. The molecule has 1 aliphatic rings. The van der Waals surface area contributed by atoms with Gasteiger partial charge >= 0.3 is 0 Å². The minimum Gasteiger partial charge on any atom is -0.299 e. The number of aryl methyl sites for hydroxylation is 1. The highest BCUT2D eigenvalue weighted by molar-refractivity contribution is 7.98. The number of nitrogens with zero attached hydrogens (tertiary/aromatic N) is 1. The summed E-state index contributed by atoms with van der Waals surface area (Å²) in [4.78, 5) is 4.16. The molecular formula is C21H28N2O2S2. The molecule has 6 heteroatoms. The van der Waals surface area contributed by atoms with Gasteiger partial charge in [-0.3, -0.25) is 4.90 Å². The first-order valence-corrected chi connectivity index (χ1v) is 12.1. The molecule has 0 spiro atoms. The molecule has 2 aromatic rings. The van der Waals surface area contributed by atoms with Gasteiger partial charge in [-0.05, 0) is 68.8 Å². The lowest BCUT2D eigenvalue weighted by molar-refractivity contribution is 0.177. The highest BCUT2D eigenvalue weighted by atomic mass is 32.2. The fourth-order valence-corrected chi connectivity index (χ4v) is 5.18. The second kappa shape index (κ2) is 9.24. The predicted octanol–water partition coefficient (Wildman–Crippen LogP) is 3.91. The monoisotopic (exact) mass is 404 g/mol. The number of thioether (sulfide) groups is 1. The summed E-state index contributed by atoms with van der Waals surface area (Å²) in [6.45, 7) is 5.47. The smallest absolute Gasteiger partial charge is 0.240 e. The summed E-state index contributed by atoms with van der Waals surface area (Å²) in [5.74, 6) is 0.400. The van der Waals surface area contributed by atoms with Crippen LogP contribution in [0.5, 0.6) is 0 Å². The summed E-state index contributed by atoms with van der Waals surface area (Å²) < 4.78 is 27.7. The van der Waals surface area contributed by atoms with Gasteiger partial charge in [0.05, 0.1) is 4.90 Å². The number of sulfonamides is 1. The first kappa shape index (κ1) is 20.4. The van der Waals surface area contributed by atoms with E-state index >= 15 is 0 Å².